The van der Waals surface area contributed by atoms with Gasteiger partial charge in [0.05, 0.1) is 7.11 Å². The molecule has 0 saturated heterocycles. The molecule has 0 spiro atoms. The number of nitrogens with one attached hydrogen (secondary N) is 1. The molecule has 0 aromatic carbocycles. The normalized spacial score (nSPS) is 36.3. The van der Waals surface area contributed by atoms with Gasteiger partial charge in [0.2, 0.25) is 0 Å². The zero-order chi connectivity index (χ0) is 10.8. The maximum Gasteiger partial charge on any atom is 0.322 e. The second kappa shape index (κ2) is 4.52. The van der Waals surface area contributed by atoms with Crippen molar-refractivity contribution >= 4 is 5.97 Å². The molecule has 3 nitrogen and oxygen atoms in total. The predicted octanol–water partition coefficient (Wildman–Crippen LogP) is 1.72. The first-order chi connectivity index (χ1) is 7.22. The van der Waals surface area contributed by atoms with E-state index < -0.39 is 0 Å². The molecule has 0 aromatic heterocycles. The zero-order valence-corrected chi connectivity index (χ0v) is 9.66. The van der Waals surface area contributed by atoms with Gasteiger partial charge in [-0.1, -0.05) is 12.8 Å². The molecule has 2 aliphatic carbocycles. The SMILES string of the molecule is COC(=O)C(C)NC1CCC2CCCC21. The summed E-state index contributed by atoms with van der Waals surface area (Å²) in [6, 6.07) is 0.394. The Labute approximate surface area is 91.6 Å². The number of fused-ring (bicyclic) bond motifs is 1. The van der Waals surface area contributed by atoms with E-state index in [9.17, 15) is 4.79 Å². The maximum atomic E-state index is 11.3. The average molecular weight is 211 g/mol. The molecule has 2 fully saturated rings. The van der Waals surface area contributed by atoms with Crippen molar-refractivity contribution < 1.29 is 9.53 Å². The number of methoxy groups -OCH3 is 1. The minimum atomic E-state index is -0.153. The van der Waals surface area contributed by atoms with E-state index in [4.69, 9.17) is 4.74 Å². The number of hydrogen-bond acceptors (Lipinski definition) is 3. The van der Waals surface area contributed by atoms with Crippen molar-refractivity contribution in [1.82, 2.24) is 5.32 Å². The van der Waals surface area contributed by atoms with E-state index in [2.05, 4.69) is 5.32 Å². The molecule has 86 valence electrons. The summed E-state index contributed by atoms with van der Waals surface area (Å²) in [5.74, 6) is 1.60. The van der Waals surface area contributed by atoms with Gasteiger partial charge in [-0.25, -0.2) is 0 Å². The summed E-state index contributed by atoms with van der Waals surface area (Å²) >= 11 is 0. The molecule has 15 heavy (non-hydrogen) atoms. The number of rotatable bonds is 3. The lowest BCUT2D eigenvalue weighted by atomic mass is 9.97. The summed E-state index contributed by atoms with van der Waals surface area (Å²) in [4.78, 5) is 11.3. The fourth-order valence-electron chi connectivity index (χ4n) is 3.33. The van der Waals surface area contributed by atoms with Crippen LogP contribution in [0.25, 0.3) is 0 Å². The highest BCUT2D eigenvalue weighted by Crippen LogP contribution is 2.44. The summed E-state index contributed by atoms with van der Waals surface area (Å²) in [7, 11) is 1.45. The topological polar surface area (TPSA) is 38.3 Å². The largest absolute Gasteiger partial charge is 0.468 e. The first-order valence-electron chi connectivity index (χ1n) is 6.06. The molecule has 0 aromatic rings. The number of carbonyl (C=O) groups is 1. The van der Waals surface area contributed by atoms with Crippen molar-refractivity contribution in [3.63, 3.8) is 0 Å². The smallest absolute Gasteiger partial charge is 0.322 e. The maximum absolute atomic E-state index is 11.3. The Morgan fingerprint density at radius 3 is 2.87 bits per heavy atom. The molecule has 2 aliphatic rings. The lowest BCUT2D eigenvalue weighted by molar-refractivity contribution is -0.142. The first kappa shape index (κ1) is 10.9. The fraction of sp³-hybridized carbons (Fsp3) is 0.917. The van der Waals surface area contributed by atoms with Gasteiger partial charge in [-0.3, -0.25) is 4.79 Å². The van der Waals surface area contributed by atoms with Crippen LogP contribution < -0.4 is 5.32 Å². The van der Waals surface area contributed by atoms with Crippen molar-refractivity contribution in [3.8, 4) is 0 Å². The minimum absolute atomic E-state index is 0.142. The zero-order valence-electron chi connectivity index (χ0n) is 9.66. The summed E-state index contributed by atoms with van der Waals surface area (Å²) in [6.45, 7) is 1.90. The van der Waals surface area contributed by atoms with Crippen molar-refractivity contribution in [3.05, 3.63) is 0 Å². The van der Waals surface area contributed by atoms with Gasteiger partial charge in [-0.05, 0) is 38.0 Å². The van der Waals surface area contributed by atoms with E-state index in [-0.39, 0.29) is 12.0 Å². The van der Waals surface area contributed by atoms with Gasteiger partial charge in [-0.15, -0.1) is 0 Å². The molecule has 0 bridgehead atoms. The van der Waals surface area contributed by atoms with E-state index >= 15 is 0 Å². The molecule has 3 heteroatoms. The molecule has 4 atom stereocenters. The Morgan fingerprint density at radius 2 is 2.13 bits per heavy atom. The van der Waals surface area contributed by atoms with Gasteiger partial charge >= 0.3 is 5.97 Å². The van der Waals surface area contributed by atoms with Crippen LogP contribution in [-0.4, -0.2) is 25.2 Å². The first-order valence-corrected chi connectivity index (χ1v) is 6.06. The third kappa shape index (κ3) is 2.17. The van der Waals surface area contributed by atoms with Crippen LogP contribution in [0.2, 0.25) is 0 Å². The van der Waals surface area contributed by atoms with Crippen LogP contribution in [0.3, 0.4) is 0 Å². The van der Waals surface area contributed by atoms with Crippen LogP contribution in [-0.2, 0) is 9.53 Å². The van der Waals surface area contributed by atoms with Crippen LogP contribution >= 0.6 is 0 Å². The highest BCUT2D eigenvalue weighted by atomic mass is 16.5. The summed E-state index contributed by atoms with van der Waals surface area (Å²) in [5.41, 5.74) is 0. The minimum Gasteiger partial charge on any atom is -0.468 e. The van der Waals surface area contributed by atoms with Gasteiger partial charge in [-0.2, -0.15) is 0 Å². The molecular formula is C12H21NO2. The van der Waals surface area contributed by atoms with Crippen LogP contribution in [0.1, 0.15) is 39.0 Å². The monoisotopic (exact) mass is 211 g/mol. The second-order valence-corrected chi connectivity index (χ2v) is 4.95. The molecule has 2 rings (SSSR count). The number of carbonyl (C=O) groups excluding carboxylic acids is 1. The number of esters is 1. The van der Waals surface area contributed by atoms with E-state index in [0.717, 1.165) is 11.8 Å². The highest BCUT2D eigenvalue weighted by Gasteiger charge is 2.39. The predicted molar refractivity (Wildman–Crippen MR) is 58.5 cm³/mol. The van der Waals surface area contributed by atoms with Crippen LogP contribution in [0.5, 0.6) is 0 Å². The third-order valence-corrected chi connectivity index (χ3v) is 4.10. The van der Waals surface area contributed by atoms with Gasteiger partial charge in [0.15, 0.2) is 0 Å². The molecule has 4 unspecified atom stereocenters. The van der Waals surface area contributed by atoms with Crippen molar-refractivity contribution in [1.29, 1.82) is 0 Å². The lowest BCUT2D eigenvalue weighted by Gasteiger charge is -2.23. The van der Waals surface area contributed by atoms with Gasteiger partial charge in [0.1, 0.15) is 6.04 Å². The average Bonchev–Trinajstić information content (AvgIpc) is 2.81. The van der Waals surface area contributed by atoms with Crippen molar-refractivity contribution in [2.75, 3.05) is 7.11 Å². The van der Waals surface area contributed by atoms with Gasteiger partial charge in [0, 0.05) is 6.04 Å². The third-order valence-electron chi connectivity index (χ3n) is 4.10. The Hall–Kier alpha value is -0.570. The Kier molecular flexibility index (Phi) is 3.29. The Morgan fingerprint density at radius 1 is 1.33 bits per heavy atom. The molecule has 1 N–H and O–H groups in total. The molecule has 0 heterocycles. The summed E-state index contributed by atoms with van der Waals surface area (Å²) in [6.07, 6.45) is 6.69. The second-order valence-electron chi connectivity index (χ2n) is 4.95. The van der Waals surface area contributed by atoms with Gasteiger partial charge < -0.3 is 10.1 Å². The van der Waals surface area contributed by atoms with E-state index in [1.165, 1.54) is 39.2 Å². The van der Waals surface area contributed by atoms with Crippen LogP contribution in [0.15, 0.2) is 0 Å². The molecule has 0 radical (unpaired) electrons. The Balaban J connectivity index is 1.87. The summed E-state index contributed by atoms with van der Waals surface area (Å²) in [5, 5.41) is 3.43. The highest BCUT2D eigenvalue weighted by molar-refractivity contribution is 5.75. The molecule has 0 aliphatic heterocycles. The quantitative estimate of drug-likeness (QED) is 0.722. The van der Waals surface area contributed by atoms with E-state index in [1.54, 1.807) is 0 Å². The van der Waals surface area contributed by atoms with E-state index in [1.807, 2.05) is 6.92 Å². The molecule has 0 amide bonds. The van der Waals surface area contributed by atoms with Gasteiger partial charge in [0.25, 0.3) is 0 Å². The standard InChI is InChI=1S/C12H21NO2/c1-8(12(14)15-2)13-11-7-6-9-4-3-5-10(9)11/h8-11,13H,3-7H2,1-2H3. The molecular weight excluding hydrogens is 190 g/mol. The van der Waals surface area contributed by atoms with Crippen LogP contribution in [0.4, 0.5) is 0 Å². The number of hydrogen-bond donors (Lipinski definition) is 1. The van der Waals surface area contributed by atoms with Crippen molar-refractivity contribution in [2.45, 2.75) is 51.1 Å². The van der Waals surface area contributed by atoms with Crippen LogP contribution in [0, 0.1) is 11.8 Å². The molecule has 2 saturated carbocycles. The van der Waals surface area contributed by atoms with Crippen molar-refractivity contribution in [2.24, 2.45) is 11.8 Å². The number of ether oxygens (including phenoxy) is 1. The van der Waals surface area contributed by atoms with E-state index in [0.29, 0.717) is 6.04 Å². The lowest BCUT2D eigenvalue weighted by Crippen LogP contribution is -2.43. The fourth-order valence-corrected chi connectivity index (χ4v) is 3.33. The summed E-state index contributed by atoms with van der Waals surface area (Å²) < 4.78 is 4.73. The Bertz CT molecular complexity index is 242.